The Morgan fingerprint density at radius 3 is 2.62 bits per heavy atom. The molecule has 6 heteroatoms. The Kier molecular flexibility index (Phi) is 5.22. The number of rotatable bonds is 5. The molecule has 1 saturated carbocycles. The predicted molar refractivity (Wildman–Crippen MR) is 71.2 cm³/mol. The molecule has 2 rings (SSSR count). The Labute approximate surface area is 121 Å². The fraction of sp³-hybridized carbons (Fsp3) is 0.533. The number of aliphatic hydroxyl groups excluding tert-OH is 1. The van der Waals surface area contributed by atoms with Gasteiger partial charge in [-0.25, -0.2) is 13.2 Å². The summed E-state index contributed by atoms with van der Waals surface area (Å²) in [7, 11) is 0. The molecule has 1 aromatic carbocycles. The van der Waals surface area contributed by atoms with Crippen molar-refractivity contribution in [1.82, 2.24) is 5.32 Å². The third-order valence-electron chi connectivity index (χ3n) is 3.93. The maximum Gasteiger partial charge on any atom is 0.257 e. The summed E-state index contributed by atoms with van der Waals surface area (Å²) in [5.74, 6) is -4.55. The highest BCUT2D eigenvalue weighted by atomic mass is 19.2. The number of nitrogens with one attached hydrogen (secondary N) is 1. The fourth-order valence-electron chi connectivity index (χ4n) is 2.74. The fourth-order valence-corrected chi connectivity index (χ4v) is 2.74. The number of amides is 1. The van der Waals surface area contributed by atoms with E-state index < -0.39 is 28.9 Å². The van der Waals surface area contributed by atoms with E-state index in [-0.39, 0.29) is 18.6 Å². The van der Waals surface area contributed by atoms with Gasteiger partial charge >= 0.3 is 0 Å². The summed E-state index contributed by atoms with van der Waals surface area (Å²) < 4.78 is 39.8. The lowest BCUT2D eigenvalue weighted by Crippen LogP contribution is -2.27. The monoisotopic (exact) mass is 301 g/mol. The van der Waals surface area contributed by atoms with Crippen molar-refractivity contribution in [2.24, 2.45) is 5.92 Å². The van der Waals surface area contributed by atoms with Crippen LogP contribution in [0.25, 0.3) is 0 Å². The average Bonchev–Trinajstić information content (AvgIpc) is 2.85. The number of halogens is 3. The van der Waals surface area contributed by atoms with Crippen molar-refractivity contribution in [2.75, 3.05) is 6.54 Å². The highest BCUT2D eigenvalue weighted by Crippen LogP contribution is 2.28. The summed E-state index contributed by atoms with van der Waals surface area (Å²) >= 11 is 0. The van der Waals surface area contributed by atoms with E-state index in [1.54, 1.807) is 0 Å². The molecule has 2 atom stereocenters. The summed E-state index contributed by atoms with van der Waals surface area (Å²) in [4.78, 5) is 11.7. The van der Waals surface area contributed by atoms with Crippen molar-refractivity contribution in [3.63, 3.8) is 0 Å². The highest BCUT2D eigenvalue weighted by molar-refractivity contribution is 5.94. The van der Waals surface area contributed by atoms with Gasteiger partial charge in [-0.15, -0.1) is 0 Å². The van der Waals surface area contributed by atoms with E-state index in [0.717, 1.165) is 31.7 Å². The van der Waals surface area contributed by atoms with Crippen LogP contribution < -0.4 is 5.32 Å². The van der Waals surface area contributed by atoms with Crippen LogP contribution in [0, 0.1) is 23.4 Å². The zero-order valence-corrected chi connectivity index (χ0v) is 11.5. The van der Waals surface area contributed by atoms with Gasteiger partial charge in [0.2, 0.25) is 0 Å². The first-order chi connectivity index (χ1) is 10.0. The van der Waals surface area contributed by atoms with Gasteiger partial charge in [-0.3, -0.25) is 4.79 Å². The Balaban J connectivity index is 1.84. The van der Waals surface area contributed by atoms with E-state index in [2.05, 4.69) is 5.32 Å². The highest BCUT2D eigenvalue weighted by Gasteiger charge is 2.25. The van der Waals surface area contributed by atoms with Gasteiger partial charge in [0.05, 0.1) is 6.10 Å². The van der Waals surface area contributed by atoms with E-state index in [0.29, 0.717) is 12.5 Å². The SMILES string of the molecule is O=C(NCCC[C@H]1CCC[C@@H]1O)c1c(F)ccc(F)c1F. The summed E-state index contributed by atoms with van der Waals surface area (Å²) in [5.41, 5.74) is -0.893. The van der Waals surface area contributed by atoms with Gasteiger partial charge in [0, 0.05) is 6.54 Å². The summed E-state index contributed by atoms with van der Waals surface area (Å²) in [5, 5.41) is 12.0. The van der Waals surface area contributed by atoms with Crippen LogP contribution in [0.4, 0.5) is 13.2 Å². The maximum atomic E-state index is 13.4. The molecule has 1 aromatic rings. The Morgan fingerprint density at radius 2 is 1.95 bits per heavy atom. The molecule has 0 saturated heterocycles. The van der Waals surface area contributed by atoms with Crippen molar-refractivity contribution < 1.29 is 23.1 Å². The van der Waals surface area contributed by atoms with E-state index in [1.165, 1.54) is 0 Å². The molecule has 0 unspecified atom stereocenters. The summed E-state index contributed by atoms with van der Waals surface area (Å²) in [6, 6.07) is 1.37. The van der Waals surface area contributed by atoms with Gasteiger partial charge in [0.1, 0.15) is 11.4 Å². The van der Waals surface area contributed by atoms with Crippen molar-refractivity contribution >= 4 is 5.91 Å². The number of benzene rings is 1. The van der Waals surface area contributed by atoms with Crippen molar-refractivity contribution in [3.05, 3.63) is 35.1 Å². The standard InChI is InChI=1S/C15H18F3NO2/c16-10-6-7-11(17)14(18)13(10)15(21)19-8-2-4-9-3-1-5-12(9)20/h6-7,9,12,20H,1-5,8H2,(H,19,21)/t9-,12+/m1/s1. The van der Waals surface area contributed by atoms with Crippen LogP contribution in [0.3, 0.4) is 0 Å². The van der Waals surface area contributed by atoms with Crippen molar-refractivity contribution in [2.45, 2.75) is 38.2 Å². The molecule has 0 aromatic heterocycles. The van der Waals surface area contributed by atoms with Crippen LogP contribution in [0.5, 0.6) is 0 Å². The van der Waals surface area contributed by atoms with Crippen molar-refractivity contribution in [3.8, 4) is 0 Å². The Bertz CT molecular complexity index is 522. The Morgan fingerprint density at radius 1 is 1.24 bits per heavy atom. The largest absolute Gasteiger partial charge is 0.393 e. The molecule has 0 radical (unpaired) electrons. The lowest BCUT2D eigenvalue weighted by atomic mass is 10.00. The minimum atomic E-state index is -1.47. The minimum Gasteiger partial charge on any atom is -0.393 e. The maximum absolute atomic E-state index is 13.4. The minimum absolute atomic E-state index is 0.226. The molecule has 0 heterocycles. The zero-order valence-electron chi connectivity index (χ0n) is 11.5. The summed E-state index contributed by atoms with van der Waals surface area (Å²) in [6.45, 7) is 0.234. The first-order valence-electron chi connectivity index (χ1n) is 7.10. The van der Waals surface area contributed by atoms with Crippen molar-refractivity contribution in [1.29, 1.82) is 0 Å². The second kappa shape index (κ2) is 6.93. The van der Waals surface area contributed by atoms with Gasteiger partial charge in [-0.1, -0.05) is 6.42 Å². The van der Waals surface area contributed by atoms with Crippen LogP contribution in [0.1, 0.15) is 42.5 Å². The summed E-state index contributed by atoms with van der Waals surface area (Å²) in [6.07, 6.45) is 3.82. The lowest BCUT2D eigenvalue weighted by Gasteiger charge is -2.14. The topological polar surface area (TPSA) is 49.3 Å². The molecule has 0 spiro atoms. The molecule has 1 aliphatic carbocycles. The van der Waals surface area contributed by atoms with Gasteiger partial charge in [-0.2, -0.15) is 0 Å². The van der Waals surface area contributed by atoms with Crippen LogP contribution in [0.2, 0.25) is 0 Å². The molecule has 3 nitrogen and oxygen atoms in total. The van der Waals surface area contributed by atoms with Gasteiger partial charge in [0.15, 0.2) is 11.6 Å². The number of carbonyl (C=O) groups excluding carboxylic acids is 1. The number of hydrogen-bond donors (Lipinski definition) is 2. The average molecular weight is 301 g/mol. The predicted octanol–water partition coefficient (Wildman–Crippen LogP) is 2.77. The van der Waals surface area contributed by atoms with Gasteiger partial charge in [-0.05, 0) is 43.7 Å². The molecule has 21 heavy (non-hydrogen) atoms. The molecule has 116 valence electrons. The van der Waals surface area contributed by atoms with E-state index in [9.17, 15) is 23.1 Å². The van der Waals surface area contributed by atoms with Gasteiger partial charge < -0.3 is 10.4 Å². The normalized spacial score (nSPS) is 21.5. The van der Waals surface area contributed by atoms with Gasteiger partial charge in [0.25, 0.3) is 5.91 Å². The first kappa shape index (κ1) is 15.8. The molecular weight excluding hydrogens is 283 g/mol. The molecule has 1 aliphatic rings. The Hall–Kier alpha value is -1.56. The quantitative estimate of drug-likeness (QED) is 0.649. The molecule has 2 N–H and O–H groups in total. The molecule has 0 bridgehead atoms. The van der Waals surface area contributed by atoms with Crippen LogP contribution in [0.15, 0.2) is 12.1 Å². The zero-order chi connectivity index (χ0) is 15.4. The van der Waals surface area contributed by atoms with E-state index >= 15 is 0 Å². The number of aliphatic hydroxyl groups is 1. The molecular formula is C15H18F3NO2. The van der Waals surface area contributed by atoms with E-state index in [1.807, 2.05) is 0 Å². The third kappa shape index (κ3) is 3.75. The second-order valence-corrected chi connectivity index (χ2v) is 5.37. The van der Waals surface area contributed by atoms with Crippen LogP contribution in [-0.4, -0.2) is 23.7 Å². The number of hydrogen-bond acceptors (Lipinski definition) is 2. The third-order valence-corrected chi connectivity index (χ3v) is 3.93. The van der Waals surface area contributed by atoms with E-state index in [4.69, 9.17) is 0 Å². The molecule has 1 fully saturated rings. The lowest BCUT2D eigenvalue weighted by molar-refractivity contribution is 0.0940. The smallest absolute Gasteiger partial charge is 0.257 e. The molecule has 1 amide bonds. The second-order valence-electron chi connectivity index (χ2n) is 5.37. The number of carbonyl (C=O) groups is 1. The molecule has 0 aliphatic heterocycles. The van der Waals surface area contributed by atoms with Crippen LogP contribution >= 0.6 is 0 Å². The first-order valence-corrected chi connectivity index (χ1v) is 7.10. The van der Waals surface area contributed by atoms with Crippen LogP contribution in [-0.2, 0) is 0 Å².